The fraction of sp³-hybridized carbons (Fsp3) is 0.500. The Balaban J connectivity index is 2.72. The topological polar surface area (TPSA) is 100 Å². The summed E-state index contributed by atoms with van der Waals surface area (Å²) < 4.78 is 29.9. The van der Waals surface area contributed by atoms with Crippen LogP contribution in [0.4, 0.5) is 0 Å². The molecule has 0 saturated heterocycles. The smallest absolute Gasteiger partial charge is 0.287 e. The fourth-order valence-electron chi connectivity index (χ4n) is 1.12. The van der Waals surface area contributed by atoms with Crippen LogP contribution >= 0.6 is 0 Å². The van der Waals surface area contributed by atoms with Gasteiger partial charge in [0.2, 0.25) is 5.09 Å². The van der Waals surface area contributed by atoms with E-state index >= 15 is 0 Å². The first-order chi connectivity index (χ1) is 8.40. The highest BCUT2D eigenvalue weighted by atomic mass is 32.2. The van der Waals surface area contributed by atoms with Gasteiger partial charge in [0.05, 0.1) is 0 Å². The van der Waals surface area contributed by atoms with Gasteiger partial charge in [0, 0.05) is 12.6 Å². The molecule has 7 nitrogen and oxygen atoms in total. The summed E-state index contributed by atoms with van der Waals surface area (Å²) in [6, 6.07) is 2.68. The lowest BCUT2D eigenvalue weighted by molar-refractivity contribution is 0.0917. The molecule has 1 aromatic rings. The maximum atomic E-state index is 11.6. The molecule has 0 saturated carbocycles. The maximum absolute atomic E-state index is 11.6. The normalized spacial score (nSPS) is 13.3. The van der Waals surface area contributed by atoms with E-state index in [2.05, 4.69) is 15.4 Å². The van der Waals surface area contributed by atoms with Crippen LogP contribution in [0.15, 0.2) is 21.6 Å². The molecule has 1 atom stereocenters. The van der Waals surface area contributed by atoms with Crippen LogP contribution < -0.4 is 15.4 Å². The molecule has 1 amide bonds. The molecule has 0 aliphatic heterocycles. The second kappa shape index (κ2) is 5.98. The summed E-state index contributed by atoms with van der Waals surface area (Å²) in [6.45, 7) is 2.32. The lowest BCUT2D eigenvalue weighted by atomic mass is 10.3. The summed E-state index contributed by atoms with van der Waals surface area (Å²) in [5, 5.41) is 5.30. The van der Waals surface area contributed by atoms with Crippen molar-refractivity contribution >= 4 is 15.9 Å². The minimum absolute atomic E-state index is 0.0351. The lowest BCUT2D eigenvalue weighted by Gasteiger charge is -2.10. The Morgan fingerprint density at radius 1 is 1.39 bits per heavy atom. The fourth-order valence-corrected chi connectivity index (χ4v) is 1.77. The van der Waals surface area contributed by atoms with Crippen LogP contribution in [0.5, 0.6) is 0 Å². The second-order valence-corrected chi connectivity index (χ2v) is 5.54. The molecule has 1 unspecified atom stereocenters. The largest absolute Gasteiger partial charge is 0.438 e. The quantitative estimate of drug-likeness (QED) is 0.651. The van der Waals surface area contributed by atoms with Crippen molar-refractivity contribution in [3.8, 4) is 0 Å². The van der Waals surface area contributed by atoms with Crippen molar-refractivity contribution in [3.63, 3.8) is 0 Å². The number of likely N-dealkylation sites (N-methyl/N-ethyl adjacent to an activating group) is 1. The highest BCUT2D eigenvalue weighted by molar-refractivity contribution is 7.89. The first-order valence-electron chi connectivity index (χ1n) is 5.39. The van der Waals surface area contributed by atoms with Crippen molar-refractivity contribution in [2.75, 3.05) is 20.6 Å². The van der Waals surface area contributed by atoms with Crippen molar-refractivity contribution in [1.29, 1.82) is 0 Å². The molecule has 0 bridgehead atoms. The monoisotopic (exact) mass is 275 g/mol. The number of carbonyl (C=O) groups is 1. The standard InChI is InChI=1S/C10H17N3O4S/c1-7(11-2)6-13-10(14)8-4-5-9(17-8)18(15,16)12-3/h4-5,7,11-12H,6H2,1-3H3,(H,13,14). The lowest BCUT2D eigenvalue weighted by Crippen LogP contribution is -2.37. The molecule has 102 valence electrons. The summed E-state index contributed by atoms with van der Waals surface area (Å²) in [4.78, 5) is 11.6. The van der Waals surface area contributed by atoms with Crippen molar-refractivity contribution in [3.05, 3.63) is 17.9 Å². The number of amides is 1. The zero-order valence-corrected chi connectivity index (χ0v) is 11.3. The molecule has 0 spiro atoms. The third-order valence-corrected chi connectivity index (χ3v) is 3.69. The molecule has 18 heavy (non-hydrogen) atoms. The van der Waals surface area contributed by atoms with Crippen LogP contribution in [0, 0.1) is 0 Å². The summed E-state index contributed by atoms with van der Waals surface area (Å²) in [7, 11) is -0.607. The number of sulfonamides is 1. The minimum atomic E-state index is -3.66. The molecule has 0 aliphatic carbocycles. The Hall–Kier alpha value is -1.38. The van der Waals surface area contributed by atoms with Crippen molar-refractivity contribution < 1.29 is 17.6 Å². The predicted octanol–water partition coefficient (Wildman–Crippen LogP) is -0.475. The summed E-state index contributed by atoms with van der Waals surface area (Å²) in [5.41, 5.74) is 0. The van der Waals surface area contributed by atoms with Gasteiger partial charge in [0.15, 0.2) is 5.76 Å². The summed E-state index contributed by atoms with van der Waals surface area (Å²) in [5.74, 6) is -0.484. The molecule has 1 aromatic heterocycles. The Kier molecular flexibility index (Phi) is 4.88. The Labute approximate surface area is 106 Å². The average Bonchev–Trinajstić information content (AvgIpc) is 2.85. The molecular weight excluding hydrogens is 258 g/mol. The molecule has 1 rings (SSSR count). The predicted molar refractivity (Wildman–Crippen MR) is 65.8 cm³/mol. The molecule has 8 heteroatoms. The third kappa shape index (κ3) is 3.56. The van der Waals surface area contributed by atoms with Gasteiger partial charge in [0.1, 0.15) is 0 Å². The highest BCUT2D eigenvalue weighted by Gasteiger charge is 2.19. The number of carbonyl (C=O) groups excluding carboxylic acids is 1. The zero-order valence-electron chi connectivity index (χ0n) is 10.5. The molecule has 0 fully saturated rings. The third-order valence-electron chi connectivity index (χ3n) is 2.40. The Morgan fingerprint density at radius 3 is 2.61 bits per heavy atom. The zero-order chi connectivity index (χ0) is 13.8. The van der Waals surface area contributed by atoms with Crippen molar-refractivity contribution in [1.82, 2.24) is 15.4 Å². The number of furan rings is 1. The highest BCUT2D eigenvalue weighted by Crippen LogP contribution is 2.13. The van der Waals surface area contributed by atoms with Crippen molar-refractivity contribution in [2.45, 2.75) is 18.1 Å². The number of hydrogen-bond donors (Lipinski definition) is 3. The molecular formula is C10H17N3O4S. The number of nitrogens with one attached hydrogen (secondary N) is 3. The van der Waals surface area contributed by atoms with E-state index in [9.17, 15) is 13.2 Å². The average molecular weight is 275 g/mol. The first kappa shape index (κ1) is 14.7. The van der Waals surface area contributed by atoms with E-state index in [1.165, 1.54) is 19.2 Å². The summed E-state index contributed by atoms with van der Waals surface area (Å²) in [6.07, 6.45) is 0. The van der Waals surface area contributed by atoms with Crippen LogP contribution in [-0.2, 0) is 10.0 Å². The minimum Gasteiger partial charge on any atom is -0.438 e. The maximum Gasteiger partial charge on any atom is 0.287 e. The van der Waals surface area contributed by atoms with Crippen LogP contribution in [0.1, 0.15) is 17.5 Å². The van der Waals surface area contributed by atoms with E-state index in [0.29, 0.717) is 6.54 Å². The summed E-state index contributed by atoms with van der Waals surface area (Å²) >= 11 is 0. The van der Waals surface area contributed by atoms with E-state index < -0.39 is 15.9 Å². The molecule has 3 N–H and O–H groups in total. The van der Waals surface area contributed by atoms with E-state index in [-0.39, 0.29) is 16.9 Å². The van der Waals surface area contributed by atoms with Crippen molar-refractivity contribution in [2.24, 2.45) is 0 Å². The first-order valence-corrected chi connectivity index (χ1v) is 6.88. The van der Waals surface area contributed by atoms with Gasteiger partial charge in [-0.25, -0.2) is 13.1 Å². The number of hydrogen-bond acceptors (Lipinski definition) is 5. The number of rotatable bonds is 6. The molecule has 0 aromatic carbocycles. The van der Waals surface area contributed by atoms with E-state index in [1.54, 1.807) is 7.05 Å². The Bertz CT molecular complexity index is 509. The van der Waals surface area contributed by atoms with Gasteiger partial charge in [0.25, 0.3) is 15.9 Å². The SMILES string of the molecule is CNC(C)CNC(=O)c1ccc(S(=O)(=O)NC)o1. The van der Waals surface area contributed by atoms with Gasteiger partial charge in [-0.15, -0.1) is 0 Å². The van der Waals surface area contributed by atoms with Crippen LogP contribution in [0.3, 0.4) is 0 Å². The molecule has 1 heterocycles. The van der Waals surface area contributed by atoms with Crippen LogP contribution in [0.2, 0.25) is 0 Å². The van der Waals surface area contributed by atoms with Crippen LogP contribution in [0.25, 0.3) is 0 Å². The van der Waals surface area contributed by atoms with Gasteiger partial charge >= 0.3 is 0 Å². The molecule has 0 aliphatic rings. The molecule has 0 radical (unpaired) electrons. The van der Waals surface area contributed by atoms with Gasteiger partial charge in [-0.05, 0) is 33.2 Å². The van der Waals surface area contributed by atoms with Gasteiger partial charge in [-0.3, -0.25) is 4.79 Å². The van der Waals surface area contributed by atoms with Gasteiger partial charge < -0.3 is 15.1 Å². The van der Waals surface area contributed by atoms with Gasteiger partial charge in [-0.2, -0.15) is 0 Å². The van der Waals surface area contributed by atoms with Gasteiger partial charge in [-0.1, -0.05) is 0 Å². The van der Waals surface area contributed by atoms with E-state index in [4.69, 9.17) is 4.42 Å². The van der Waals surface area contributed by atoms with Crippen LogP contribution in [-0.4, -0.2) is 41.0 Å². The van der Waals surface area contributed by atoms with E-state index in [0.717, 1.165) is 0 Å². The second-order valence-electron chi connectivity index (χ2n) is 3.73. The van der Waals surface area contributed by atoms with E-state index in [1.807, 2.05) is 6.92 Å². The Morgan fingerprint density at radius 2 is 2.06 bits per heavy atom.